The molecule has 0 saturated heterocycles. The Labute approximate surface area is 117 Å². The number of hydrogen-bond donors (Lipinski definition) is 1. The second-order valence-corrected chi connectivity index (χ2v) is 4.80. The van der Waals surface area contributed by atoms with Crippen molar-refractivity contribution in [2.75, 3.05) is 5.32 Å². The molecule has 18 heavy (non-hydrogen) atoms. The van der Waals surface area contributed by atoms with E-state index in [0.717, 1.165) is 22.7 Å². The Morgan fingerprint density at radius 1 is 1.22 bits per heavy atom. The third kappa shape index (κ3) is 3.15. The number of hydrogen-bond acceptors (Lipinski definition) is 2. The highest BCUT2D eigenvalue weighted by Crippen LogP contribution is 2.27. The van der Waals surface area contributed by atoms with Crippen molar-refractivity contribution in [3.8, 4) is 0 Å². The van der Waals surface area contributed by atoms with Crippen LogP contribution < -0.4 is 5.32 Å². The van der Waals surface area contributed by atoms with Crippen molar-refractivity contribution in [1.29, 1.82) is 0 Å². The van der Waals surface area contributed by atoms with E-state index in [9.17, 15) is 0 Å². The number of halogens is 2. The maximum absolute atomic E-state index is 6.04. The standard InChI is InChI=1S/C14H14Cl2N2/c1-2-12(10-5-3-6-11(15)9-10)18-13-7-4-8-17-14(13)16/h3-9,12,18H,2H2,1H3. The zero-order chi connectivity index (χ0) is 13.0. The van der Waals surface area contributed by atoms with E-state index in [1.54, 1.807) is 6.20 Å². The molecule has 1 N–H and O–H groups in total. The smallest absolute Gasteiger partial charge is 0.152 e. The van der Waals surface area contributed by atoms with Crippen LogP contribution in [0.15, 0.2) is 42.6 Å². The molecule has 0 fully saturated rings. The molecule has 94 valence electrons. The summed E-state index contributed by atoms with van der Waals surface area (Å²) in [6.07, 6.45) is 2.61. The average Bonchev–Trinajstić information content (AvgIpc) is 2.38. The van der Waals surface area contributed by atoms with Gasteiger partial charge in [-0.2, -0.15) is 0 Å². The highest BCUT2D eigenvalue weighted by atomic mass is 35.5. The largest absolute Gasteiger partial charge is 0.376 e. The van der Waals surface area contributed by atoms with Crippen molar-refractivity contribution in [1.82, 2.24) is 4.98 Å². The molecule has 4 heteroatoms. The predicted octanol–water partition coefficient (Wildman–Crippen LogP) is 4.95. The molecule has 1 aromatic carbocycles. The summed E-state index contributed by atoms with van der Waals surface area (Å²) in [5.74, 6) is 0. The fourth-order valence-corrected chi connectivity index (χ4v) is 2.20. The minimum Gasteiger partial charge on any atom is -0.376 e. The molecule has 1 aromatic heterocycles. The zero-order valence-electron chi connectivity index (χ0n) is 10.0. The van der Waals surface area contributed by atoms with Gasteiger partial charge in [-0.1, -0.05) is 42.3 Å². The number of anilines is 1. The molecule has 2 aromatic rings. The van der Waals surface area contributed by atoms with Crippen molar-refractivity contribution in [3.05, 3.63) is 58.3 Å². The Kier molecular flexibility index (Phi) is 4.45. The van der Waals surface area contributed by atoms with Crippen molar-refractivity contribution in [3.63, 3.8) is 0 Å². The van der Waals surface area contributed by atoms with E-state index in [1.165, 1.54) is 0 Å². The van der Waals surface area contributed by atoms with E-state index in [4.69, 9.17) is 23.2 Å². The van der Waals surface area contributed by atoms with Gasteiger partial charge in [-0.3, -0.25) is 0 Å². The molecule has 0 saturated carbocycles. The molecule has 1 heterocycles. The number of aromatic nitrogens is 1. The Balaban J connectivity index is 2.23. The van der Waals surface area contributed by atoms with Gasteiger partial charge in [-0.15, -0.1) is 0 Å². The average molecular weight is 281 g/mol. The molecule has 2 nitrogen and oxygen atoms in total. The van der Waals surface area contributed by atoms with Crippen LogP contribution in [0.4, 0.5) is 5.69 Å². The molecular formula is C14H14Cl2N2. The molecule has 1 atom stereocenters. The summed E-state index contributed by atoms with van der Waals surface area (Å²) in [6, 6.07) is 11.8. The van der Waals surface area contributed by atoms with Gasteiger partial charge in [0.2, 0.25) is 0 Å². The summed E-state index contributed by atoms with van der Waals surface area (Å²) in [7, 11) is 0. The maximum Gasteiger partial charge on any atom is 0.152 e. The van der Waals surface area contributed by atoms with Gasteiger partial charge in [0.05, 0.1) is 11.7 Å². The maximum atomic E-state index is 6.04. The van der Waals surface area contributed by atoms with Gasteiger partial charge in [0.25, 0.3) is 0 Å². The molecule has 0 spiro atoms. The van der Waals surface area contributed by atoms with Crippen LogP contribution >= 0.6 is 23.2 Å². The van der Waals surface area contributed by atoms with Crippen molar-refractivity contribution in [2.24, 2.45) is 0 Å². The predicted molar refractivity (Wildman–Crippen MR) is 77.4 cm³/mol. The lowest BCUT2D eigenvalue weighted by molar-refractivity contribution is 0.749. The molecule has 0 aliphatic rings. The monoisotopic (exact) mass is 280 g/mol. The normalized spacial score (nSPS) is 12.2. The Hall–Kier alpha value is -1.25. The van der Waals surface area contributed by atoms with Crippen LogP contribution in [0.1, 0.15) is 24.9 Å². The Morgan fingerprint density at radius 3 is 2.72 bits per heavy atom. The van der Waals surface area contributed by atoms with E-state index in [2.05, 4.69) is 23.3 Å². The molecule has 0 bridgehead atoms. The minimum atomic E-state index is 0.172. The highest BCUT2D eigenvalue weighted by Gasteiger charge is 2.11. The first-order valence-electron chi connectivity index (χ1n) is 5.83. The number of pyridine rings is 1. The van der Waals surface area contributed by atoms with Gasteiger partial charge in [0.1, 0.15) is 0 Å². The van der Waals surface area contributed by atoms with Crippen LogP contribution in [-0.4, -0.2) is 4.98 Å². The van der Waals surface area contributed by atoms with Gasteiger partial charge in [0.15, 0.2) is 5.15 Å². The third-order valence-electron chi connectivity index (χ3n) is 2.75. The van der Waals surface area contributed by atoms with Gasteiger partial charge >= 0.3 is 0 Å². The zero-order valence-corrected chi connectivity index (χ0v) is 11.5. The fourth-order valence-electron chi connectivity index (χ4n) is 1.83. The van der Waals surface area contributed by atoms with Gasteiger partial charge in [-0.05, 0) is 36.2 Å². The van der Waals surface area contributed by atoms with Crippen molar-refractivity contribution in [2.45, 2.75) is 19.4 Å². The lowest BCUT2D eigenvalue weighted by atomic mass is 10.0. The molecular weight excluding hydrogens is 267 g/mol. The van der Waals surface area contributed by atoms with Gasteiger partial charge in [-0.25, -0.2) is 4.98 Å². The number of benzene rings is 1. The van der Waals surface area contributed by atoms with E-state index in [-0.39, 0.29) is 6.04 Å². The number of nitrogens with one attached hydrogen (secondary N) is 1. The topological polar surface area (TPSA) is 24.9 Å². The summed E-state index contributed by atoms with van der Waals surface area (Å²) >= 11 is 12.1. The van der Waals surface area contributed by atoms with E-state index in [1.807, 2.05) is 30.3 Å². The molecule has 0 aliphatic heterocycles. The summed E-state index contributed by atoms with van der Waals surface area (Å²) in [5.41, 5.74) is 1.98. The van der Waals surface area contributed by atoms with Crippen LogP contribution in [0.2, 0.25) is 10.2 Å². The lowest BCUT2D eigenvalue weighted by Gasteiger charge is -2.19. The summed E-state index contributed by atoms with van der Waals surface area (Å²) < 4.78 is 0. The highest BCUT2D eigenvalue weighted by molar-refractivity contribution is 6.32. The van der Waals surface area contributed by atoms with Crippen LogP contribution in [0.5, 0.6) is 0 Å². The summed E-state index contributed by atoms with van der Waals surface area (Å²) in [6.45, 7) is 2.11. The van der Waals surface area contributed by atoms with Crippen LogP contribution in [0.25, 0.3) is 0 Å². The molecule has 1 unspecified atom stereocenters. The van der Waals surface area contributed by atoms with Crippen molar-refractivity contribution < 1.29 is 0 Å². The number of rotatable bonds is 4. The Morgan fingerprint density at radius 2 is 2.06 bits per heavy atom. The van der Waals surface area contributed by atoms with Gasteiger partial charge < -0.3 is 5.32 Å². The fraction of sp³-hybridized carbons (Fsp3) is 0.214. The van der Waals surface area contributed by atoms with Crippen LogP contribution in [0.3, 0.4) is 0 Å². The van der Waals surface area contributed by atoms with E-state index >= 15 is 0 Å². The van der Waals surface area contributed by atoms with Crippen LogP contribution in [0, 0.1) is 0 Å². The summed E-state index contributed by atoms with van der Waals surface area (Å²) in [4.78, 5) is 4.05. The molecule has 0 radical (unpaired) electrons. The third-order valence-corrected chi connectivity index (χ3v) is 3.28. The quantitative estimate of drug-likeness (QED) is 0.802. The molecule has 0 amide bonds. The SMILES string of the molecule is CCC(Nc1cccnc1Cl)c1cccc(Cl)c1. The second kappa shape index (κ2) is 6.07. The first kappa shape index (κ1) is 13.2. The summed E-state index contributed by atoms with van der Waals surface area (Å²) in [5, 5.41) is 4.61. The van der Waals surface area contributed by atoms with E-state index < -0.39 is 0 Å². The first-order chi connectivity index (χ1) is 8.70. The molecule has 0 aliphatic carbocycles. The van der Waals surface area contributed by atoms with Gasteiger partial charge in [0, 0.05) is 11.2 Å². The first-order valence-corrected chi connectivity index (χ1v) is 6.59. The number of nitrogens with zero attached hydrogens (tertiary/aromatic N) is 1. The Bertz CT molecular complexity index is 529. The minimum absolute atomic E-state index is 0.172. The van der Waals surface area contributed by atoms with Crippen molar-refractivity contribution >= 4 is 28.9 Å². The lowest BCUT2D eigenvalue weighted by Crippen LogP contribution is -2.10. The van der Waals surface area contributed by atoms with Crippen LogP contribution in [-0.2, 0) is 0 Å². The second-order valence-electron chi connectivity index (χ2n) is 4.00. The van der Waals surface area contributed by atoms with E-state index in [0.29, 0.717) is 5.15 Å². The molecule has 2 rings (SSSR count).